The number of rotatable bonds is 6. The minimum Gasteiger partial charge on any atom is -0.348 e. The molecular weight excluding hydrogens is 368 g/mol. The van der Waals surface area contributed by atoms with Gasteiger partial charge in [-0.1, -0.05) is 0 Å². The van der Waals surface area contributed by atoms with Gasteiger partial charge >= 0.3 is 0 Å². The van der Waals surface area contributed by atoms with Crippen molar-refractivity contribution in [2.75, 3.05) is 0 Å². The van der Waals surface area contributed by atoms with Gasteiger partial charge in [-0.3, -0.25) is 14.2 Å². The van der Waals surface area contributed by atoms with Gasteiger partial charge in [0.1, 0.15) is 5.56 Å². The number of hydrogen-bond donors (Lipinski definition) is 1. The summed E-state index contributed by atoms with van der Waals surface area (Å²) in [5.41, 5.74) is 5.59. The topological polar surface area (TPSA) is 94.9 Å². The number of hydrogen-bond acceptors (Lipinski definition) is 5. The predicted octanol–water partition coefficient (Wildman–Crippen LogP) is 2.38. The molecule has 29 heavy (non-hydrogen) atoms. The lowest BCUT2D eigenvalue weighted by Crippen LogP contribution is -2.23. The molecular formula is C20H24N8O. The summed E-state index contributed by atoms with van der Waals surface area (Å²) in [5, 5.41) is 16.3. The average Bonchev–Trinajstić information content (AvgIpc) is 3.42. The SMILES string of the molecule is CCn1cc(CNC(=O)c2cnn3c(-c4cn(CC)nc4C)ccnc23)c(C)n1. The number of carbonyl (C=O) groups is 1. The van der Waals surface area contributed by atoms with Gasteiger partial charge in [-0.05, 0) is 33.8 Å². The largest absolute Gasteiger partial charge is 0.348 e. The molecule has 0 unspecified atom stereocenters. The first kappa shape index (κ1) is 18.9. The molecule has 0 radical (unpaired) electrons. The third-order valence-electron chi connectivity index (χ3n) is 5.00. The van der Waals surface area contributed by atoms with Gasteiger partial charge in [0.05, 0.1) is 23.3 Å². The summed E-state index contributed by atoms with van der Waals surface area (Å²) in [7, 11) is 0. The van der Waals surface area contributed by atoms with Crippen molar-refractivity contribution in [2.24, 2.45) is 0 Å². The van der Waals surface area contributed by atoms with Crippen LogP contribution < -0.4 is 5.32 Å². The van der Waals surface area contributed by atoms with Crippen LogP contribution in [-0.2, 0) is 19.6 Å². The fourth-order valence-corrected chi connectivity index (χ4v) is 3.35. The summed E-state index contributed by atoms with van der Waals surface area (Å²) in [4.78, 5) is 17.2. The molecule has 4 aromatic heterocycles. The van der Waals surface area contributed by atoms with Gasteiger partial charge in [0.2, 0.25) is 0 Å². The van der Waals surface area contributed by atoms with E-state index >= 15 is 0 Å². The van der Waals surface area contributed by atoms with Crippen LogP contribution in [0.5, 0.6) is 0 Å². The van der Waals surface area contributed by atoms with Crippen molar-refractivity contribution < 1.29 is 4.79 Å². The van der Waals surface area contributed by atoms with Crippen molar-refractivity contribution in [1.82, 2.24) is 39.5 Å². The van der Waals surface area contributed by atoms with E-state index in [0.717, 1.165) is 41.3 Å². The van der Waals surface area contributed by atoms with Gasteiger partial charge in [-0.15, -0.1) is 0 Å². The Kier molecular flexibility index (Phi) is 4.87. The molecule has 0 saturated carbocycles. The van der Waals surface area contributed by atoms with E-state index in [-0.39, 0.29) is 5.91 Å². The summed E-state index contributed by atoms with van der Waals surface area (Å²) < 4.78 is 5.44. The van der Waals surface area contributed by atoms with Gasteiger partial charge in [0, 0.05) is 49.4 Å². The number of nitrogens with one attached hydrogen (secondary N) is 1. The number of amides is 1. The van der Waals surface area contributed by atoms with Crippen LogP contribution in [0.25, 0.3) is 16.9 Å². The van der Waals surface area contributed by atoms with Crippen molar-refractivity contribution in [3.63, 3.8) is 0 Å². The molecule has 0 saturated heterocycles. The average molecular weight is 392 g/mol. The summed E-state index contributed by atoms with van der Waals surface area (Å²) in [5.74, 6) is -0.214. The maximum Gasteiger partial charge on any atom is 0.257 e. The molecule has 0 spiro atoms. The van der Waals surface area contributed by atoms with E-state index in [9.17, 15) is 4.79 Å². The highest BCUT2D eigenvalue weighted by Crippen LogP contribution is 2.23. The molecule has 9 heteroatoms. The van der Waals surface area contributed by atoms with Crippen molar-refractivity contribution >= 4 is 11.6 Å². The number of fused-ring (bicyclic) bond motifs is 1. The number of aromatic nitrogens is 7. The Labute approximate surface area is 168 Å². The van der Waals surface area contributed by atoms with E-state index < -0.39 is 0 Å². The van der Waals surface area contributed by atoms with Crippen molar-refractivity contribution in [3.05, 3.63) is 53.4 Å². The van der Waals surface area contributed by atoms with E-state index in [1.54, 1.807) is 16.9 Å². The van der Waals surface area contributed by atoms with E-state index in [2.05, 4.69) is 25.6 Å². The van der Waals surface area contributed by atoms with Gasteiger partial charge in [-0.25, -0.2) is 9.50 Å². The molecule has 0 aliphatic heterocycles. The highest BCUT2D eigenvalue weighted by atomic mass is 16.1. The van der Waals surface area contributed by atoms with Gasteiger partial charge in [0.15, 0.2) is 5.65 Å². The molecule has 0 atom stereocenters. The van der Waals surface area contributed by atoms with E-state index in [1.807, 2.05) is 55.5 Å². The maximum absolute atomic E-state index is 12.8. The first-order valence-corrected chi connectivity index (χ1v) is 9.70. The molecule has 1 amide bonds. The molecule has 0 fully saturated rings. The fraction of sp³-hybridized carbons (Fsp3) is 0.350. The van der Waals surface area contributed by atoms with Crippen LogP contribution in [0.2, 0.25) is 0 Å². The summed E-state index contributed by atoms with van der Waals surface area (Å²) in [6, 6.07) is 1.88. The van der Waals surface area contributed by atoms with Gasteiger partial charge in [0.25, 0.3) is 5.91 Å². The van der Waals surface area contributed by atoms with Crippen LogP contribution in [0, 0.1) is 13.8 Å². The number of carbonyl (C=O) groups excluding carboxylic acids is 1. The zero-order valence-electron chi connectivity index (χ0n) is 17.0. The minimum absolute atomic E-state index is 0.214. The maximum atomic E-state index is 12.8. The Hall–Kier alpha value is -3.49. The number of aryl methyl sites for hydroxylation is 4. The Bertz CT molecular complexity index is 1180. The summed E-state index contributed by atoms with van der Waals surface area (Å²) >= 11 is 0. The molecule has 9 nitrogen and oxygen atoms in total. The lowest BCUT2D eigenvalue weighted by atomic mass is 10.2. The highest BCUT2D eigenvalue weighted by molar-refractivity contribution is 5.99. The smallest absolute Gasteiger partial charge is 0.257 e. The second kappa shape index (κ2) is 7.50. The standard InChI is InChI=1S/C20H24N8O/c1-5-26-11-15(13(3)24-26)9-22-20(29)16-10-23-28-18(7-8-21-19(16)28)17-12-27(6-2)25-14(17)4/h7-8,10-12H,5-6,9H2,1-4H3,(H,22,29). The molecule has 4 aromatic rings. The van der Waals surface area contributed by atoms with Crippen molar-refractivity contribution in [3.8, 4) is 11.3 Å². The molecule has 4 rings (SSSR count). The zero-order valence-corrected chi connectivity index (χ0v) is 17.0. The van der Waals surface area contributed by atoms with Crippen LogP contribution in [-0.4, -0.2) is 40.1 Å². The van der Waals surface area contributed by atoms with E-state index in [4.69, 9.17) is 0 Å². The van der Waals surface area contributed by atoms with Gasteiger partial charge in [-0.2, -0.15) is 15.3 Å². The number of nitrogens with zero attached hydrogens (tertiary/aromatic N) is 7. The zero-order chi connectivity index (χ0) is 20.5. The van der Waals surface area contributed by atoms with E-state index in [0.29, 0.717) is 17.8 Å². The van der Waals surface area contributed by atoms with Crippen LogP contribution >= 0.6 is 0 Å². The summed E-state index contributed by atoms with van der Waals surface area (Å²) in [6.45, 7) is 9.96. The predicted molar refractivity (Wildman–Crippen MR) is 108 cm³/mol. The van der Waals surface area contributed by atoms with Crippen LogP contribution in [0.1, 0.15) is 41.2 Å². The molecule has 0 bridgehead atoms. The first-order valence-electron chi connectivity index (χ1n) is 9.70. The third kappa shape index (κ3) is 3.39. The minimum atomic E-state index is -0.214. The molecule has 0 aliphatic rings. The Balaban J connectivity index is 1.62. The van der Waals surface area contributed by atoms with Crippen LogP contribution in [0.3, 0.4) is 0 Å². The van der Waals surface area contributed by atoms with Crippen LogP contribution in [0.4, 0.5) is 0 Å². The normalized spacial score (nSPS) is 11.3. The molecule has 150 valence electrons. The van der Waals surface area contributed by atoms with Crippen molar-refractivity contribution in [2.45, 2.75) is 47.3 Å². The summed E-state index contributed by atoms with van der Waals surface area (Å²) in [6.07, 6.45) is 7.19. The first-order chi connectivity index (χ1) is 14.0. The Morgan fingerprint density at radius 3 is 2.48 bits per heavy atom. The molecule has 4 heterocycles. The second-order valence-electron chi connectivity index (χ2n) is 6.89. The third-order valence-corrected chi connectivity index (χ3v) is 5.00. The lowest BCUT2D eigenvalue weighted by molar-refractivity contribution is 0.0952. The Morgan fingerprint density at radius 2 is 1.79 bits per heavy atom. The molecule has 0 aromatic carbocycles. The lowest BCUT2D eigenvalue weighted by Gasteiger charge is -2.05. The Morgan fingerprint density at radius 1 is 1.07 bits per heavy atom. The molecule has 0 aliphatic carbocycles. The highest BCUT2D eigenvalue weighted by Gasteiger charge is 2.18. The molecule has 1 N–H and O–H groups in total. The quantitative estimate of drug-likeness (QED) is 0.544. The van der Waals surface area contributed by atoms with Gasteiger partial charge < -0.3 is 5.32 Å². The fourth-order valence-electron chi connectivity index (χ4n) is 3.35. The van der Waals surface area contributed by atoms with Crippen molar-refractivity contribution in [1.29, 1.82) is 0 Å². The monoisotopic (exact) mass is 392 g/mol. The van der Waals surface area contributed by atoms with Crippen LogP contribution in [0.15, 0.2) is 30.9 Å². The second-order valence-corrected chi connectivity index (χ2v) is 6.89. The van der Waals surface area contributed by atoms with E-state index in [1.165, 1.54) is 0 Å².